The van der Waals surface area contributed by atoms with Crippen LogP contribution in [-0.4, -0.2) is 5.43 Å². The van der Waals surface area contributed by atoms with Gasteiger partial charge >= 0.3 is 54.7 Å². The van der Waals surface area contributed by atoms with Crippen molar-refractivity contribution in [3.8, 4) is 0 Å². The summed E-state index contributed by atoms with van der Waals surface area (Å²) in [5.41, 5.74) is 4.71. The van der Waals surface area contributed by atoms with Crippen molar-refractivity contribution in [2.45, 2.75) is 91.7 Å². The molecule has 0 bridgehead atoms. The molecular weight excluding hydrogens is 563 g/mol. The first-order valence-electron chi connectivity index (χ1n) is 12.3. The number of halogens is 2. The average Bonchev–Trinajstić information content (AvgIpc) is 3.38. The van der Waals surface area contributed by atoms with Crippen LogP contribution < -0.4 is 0 Å². The molecule has 1 aliphatic carbocycles. The van der Waals surface area contributed by atoms with Crippen LogP contribution in [0.1, 0.15) is 79.9 Å². The monoisotopic (exact) mass is 604 g/mol. The molecular formula is C31H44Cl2SiZr. The number of rotatable bonds is 2. The topological polar surface area (TPSA) is 0 Å². The van der Waals surface area contributed by atoms with E-state index in [4.69, 9.17) is 0 Å². The Morgan fingerprint density at radius 1 is 0.829 bits per heavy atom. The minimum Gasteiger partial charge on any atom is -0.147 e. The van der Waals surface area contributed by atoms with Crippen molar-refractivity contribution in [2.24, 2.45) is 0 Å². The van der Waals surface area contributed by atoms with Crippen molar-refractivity contribution < 1.29 is 23.3 Å². The Balaban J connectivity index is 0.000000688. The van der Waals surface area contributed by atoms with Gasteiger partial charge in [0.2, 0.25) is 0 Å². The summed E-state index contributed by atoms with van der Waals surface area (Å²) in [5.74, 6) is 0. The Labute approximate surface area is 242 Å². The molecule has 0 heterocycles. The van der Waals surface area contributed by atoms with Gasteiger partial charge in [-0.2, -0.15) is 6.08 Å². The maximum Gasteiger partial charge on any atom is -0.147 e. The first kappa shape index (κ1) is 34.5. The molecule has 190 valence electrons. The quantitative estimate of drug-likeness (QED) is 0.201. The maximum atomic E-state index is 3.12. The zero-order valence-corrected chi connectivity index (χ0v) is 28.2. The summed E-state index contributed by atoms with van der Waals surface area (Å²) in [5, 5.41) is 5.48. The summed E-state index contributed by atoms with van der Waals surface area (Å²) in [4.78, 5) is 0. The van der Waals surface area contributed by atoms with Crippen molar-refractivity contribution in [3.05, 3.63) is 77.4 Å². The Kier molecular flexibility index (Phi) is 14.8. The molecule has 0 saturated carbocycles. The zero-order valence-electron chi connectivity index (χ0n) is 23.1. The van der Waals surface area contributed by atoms with Gasteiger partial charge in [-0.25, -0.2) is 11.6 Å². The fourth-order valence-corrected chi connectivity index (χ4v) is 4.22. The van der Waals surface area contributed by atoms with E-state index < -0.39 is 0 Å². The van der Waals surface area contributed by atoms with E-state index in [0.717, 1.165) is 6.42 Å². The number of hydrogen-bond donors (Lipinski definition) is 0. The molecule has 0 fully saturated rings. The molecule has 0 unspecified atom stereocenters. The van der Waals surface area contributed by atoms with Gasteiger partial charge in [0, 0.05) is 0 Å². The van der Waals surface area contributed by atoms with Crippen molar-refractivity contribution in [1.82, 2.24) is 0 Å². The largest absolute Gasteiger partial charge is 0.147 e. The van der Waals surface area contributed by atoms with Gasteiger partial charge in [0.15, 0.2) is 0 Å². The average molecular weight is 607 g/mol. The summed E-state index contributed by atoms with van der Waals surface area (Å²) in [6.45, 7) is 20.3. The SMILES string of the molecule is CC(C)(C)c1ccc2c(c1)[cH-]c1cc(C(C)(C)C)ccc12.CC1=[C-]CC=C1.CC[Si](=[Zr+2])CC.Cl.Cl. The van der Waals surface area contributed by atoms with E-state index in [2.05, 4.69) is 123 Å². The van der Waals surface area contributed by atoms with E-state index in [0.29, 0.717) is 0 Å². The molecule has 35 heavy (non-hydrogen) atoms. The van der Waals surface area contributed by atoms with E-state index in [1.807, 2.05) is 0 Å². The van der Waals surface area contributed by atoms with Gasteiger partial charge < -0.3 is 0 Å². The standard InChI is InChI=1S/C21H25.C6H7.C4H10Si.2ClH.Zr/c1-20(2,3)16-7-9-18-14(12-16)11-15-13-17(21(4,5)6)8-10-19(15)18;1-6-4-2-3-5-6;1-3-5-4-2;;;/h7-13H,1-6H3;2,4H,3H2,1H3;3-4H2,1-2H3;2*1H;/q2*-1;;;;+2. The zero-order chi connectivity index (χ0) is 24.8. The Bertz CT molecular complexity index is 1080. The van der Waals surface area contributed by atoms with Gasteiger partial charge in [-0.1, -0.05) is 83.9 Å². The molecule has 0 spiro atoms. The first-order valence-corrected chi connectivity index (χ1v) is 17.9. The van der Waals surface area contributed by atoms with Crippen molar-refractivity contribution in [3.63, 3.8) is 0 Å². The molecule has 0 saturated heterocycles. The first-order chi connectivity index (χ1) is 15.4. The van der Waals surface area contributed by atoms with E-state index in [9.17, 15) is 0 Å². The molecule has 0 amide bonds. The second-order valence-corrected chi connectivity index (χ2v) is 18.9. The molecule has 4 rings (SSSR count). The third kappa shape index (κ3) is 10.4. The number of hydrogen-bond acceptors (Lipinski definition) is 0. The Morgan fingerprint density at radius 2 is 1.26 bits per heavy atom. The molecule has 1 aliphatic rings. The van der Waals surface area contributed by atoms with Crippen LogP contribution in [0, 0.1) is 6.08 Å². The molecule has 0 aliphatic heterocycles. The summed E-state index contributed by atoms with van der Waals surface area (Å²) < 4.78 is 0. The van der Waals surface area contributed by atoms with E-state index >= 15 is 0 Å². The number of fused-ring (bicyclic) bond motifs is 3. The van der Waals surface area contributed by atoms with Crippen LogP contribution in [0.5, 0.6) is 0 Å². The van der Waals surface area contributed by atoms with Gasteiger partial charge in [0.1, 0.15) is 0 Å². The molecule has 3 aromatic carbocycles. The molecule has 4 heteroatoms. The smallest absolute Gasteiger partial charge is 0.147 e. The summed E-state index contributed by atoms with van der Waals surface area (Å²) >= 11 is 1.80. The second-order valence-electron chi connectivity index (χ2n) is 11.0. The third-order valence-corrected chi connectivity index (χ3v) is 13.1. The summed E-state index contributed by atoms with van der Waals surface area (Å²) in [7, 11) is 0. The van der Waals surface area contributed by atoms with Crippen LogP contribution in [0.4, 0.5) is 0 Å². The second kappa shape index (κ2) is 15.0. The summed E-state index contributed by atoms with van der Waals surface area (Å²) in [6.07, 6.45) is 8.33. The molecule has 0 N–H and O–H groups in total. The van der Waals surface area contributed by atoms with Crippen LogP contribution >= 0.6 is 24.8 Å². The van der Waals surface area contributed by atoms with E-state index in [1.165, 1.54) is 50.3 Å². The minimum absolute atomic E-state index is 0. The van der Waals surface area contributed by atoms with Crippen LogP contribution in [0.15, 0.2) is 60.2 Å². The van der Waals surface area contributed by atoms with Crippen LogP contribution in [0.2, 0.25) is 12.1 Å². The molecule has 0 nitrogen and oxygen atoms in total. The van der Waals surface area contributed by atoms with Gasteiger partial charge in [-0.15, -0.1) is 71.0 Å². The molecule has 0 atom stereocenters. The molecule has 0 aromatic heterocycles. The Hall–Kier alpha value is -0.530. The van der Waals surface area contributed by atoms with Crippen molar-refractivity contribution >= 4 is 51.8 Å². The predicted octanol–water partition coefficient (Wildman–Crippen LogP) is 10.4. The summed E-state index contributed by atoms with van der Waals surface area (Å²) in [6, 6.07) is 19.1. The third-order valence-electron chi connectivity index (χ3n) is 6.16. The van der Waals surface area contributed by atoms with Gasteiger partial charge in [-0.05, 0) is 10.8 Å². The van der Waals surface area contributed by atoms with E-state index in [-0.39, 0.29) is 41.1 Å². The van der Waals surface area contributed by atoms with Crippen molar-refractivity contribution in [1.29, 1.82) is 0 Å². The predicted molar refractivity (Wildman–Crippen MR) is 162 cm³/mol. The maximum absolute atomic E-state index is 3.12. The molecule has 3 aromatic rings. The van der Waals surface area contributed by atoms with Gasteiger partial charge in [0.05, 0.1) is 0 Å². The fourth-order valence-electron chi connectivity index (χ4n) is 3.72. The Morgan fingerprint density at radius 3 is 1.49 bits per heavy atom. The number of allylic oxidation sites excluding steroid dienone is 4. The van der Waals surface area contributed by atoms with Crippen LogP contribution in [0.3, 0.4) is 0 Å². The van der Waals surface area contributed by atoms with E-state index in [1.54, 1.807) is 23.3 Å². The van der Waals surface area contributed by atoms with Gasteiger partial charge in [0.25, 0.3) is 0 Å². The molecule has 0 radical (unpaired) electrons. The minimum atomic E-state index is 0. The fraction of sp³-hybridized carbons (Fsp3) is 0.452. The van der Waals surface area contributed by atoms with Crippen molar-refractivity contribution in [2.75, 3.05) is 0 Å². The van der Waals surface area contributed by atoms with Crippen LogP contribution in [-0.2, 0) is 34.2 Å². The van der Waals surface area contributed by atoms with Crippen LogP contribution in [0.25, 0.3) is 21.5 Å². The number of benzene rings is 2. The normalized spacial score (nSPS) is 12.6. The van der Waals surface area contributed by atoms with Gasteiger partial charge in [-0.3, -0.25) is 6.08 Å².